The molecule has 0 aliphatic carbocycles. The van der Waals surface area contributed by atoms with E-state index in [1.165, 1.54) is 0 Å². The molecule has 0 radical (unpaired) electrons. The van der Waals surface area contributed by atoms with Gasteiger partial charge in [-0.05, 0) is 68.5 Å². The molecule has 5 rings (SSSR count). The van der Waals surface area contributed by atoms with E-state index in [1.807, 2.05) is 77.1 Å². The number of aryl methyl sites for hydroxylation is 2. The molecule has 3 fully saturated rings. The smallest absolute Gasteiger partial charge is 0.251 e. The van der Waals surface area contributed by atoms with Crippen molar-refractivity contribution in [2.24, 2.45) is 17.8 Å². The van der Waals surface area contributed by atoms with E-state index in [1.54, 1.807) is 38.6 Å². The van der Waals surface area contributed by atoms with Crippen molar-refractivity contribution in [1.82, 2.24) is 4.90 Å². The molecule has 258 valence electrons. The predicted octanol–water partition coefficient (Wildman–Crippen LogP) is 6.31. The van der Waals surface area contributed by atoms with Crippen LogP contribution in [0.5, 0.6) is 5.75 Å². The minimum absolute atomic E-state index is 0.0743. The number of fused-ring (bicyclic) bond motifs is 1. The topological polar surface area (TPSA) is 90.4 Å². The molecule has 3 aliphatic rings. The Kier molecular flexibility index (Phi) is 11.2. The van der Waals surface area contributed by atoms with E-state index in [4.69, 9.17) is 4.74 Å². The maximum Gasteiger partial charge on any atom is 0.251 e. The fourth-order valence-corrected chi connectivity index (χ4v) is 11.7. The lowest BCUT2D eigenvalue weighted by molar-refractivity contribution is -0.143. The third kappa shape index (κ3) is 6.02. The first-order valence-electron chi connectivity index (χ1n) is 16.9. The standard InChI is InChI=1S/C38H48BrN3O5S/c1-8-19-40(26-15-17-27(18-16-26)47-11-4)35(44)30-31-36(45)42(29(22-43)23(5)10-3)34(38(31)21-28(39)33(30)48-38)37(46)41(20-9-2)32-24(6)13-12-14-25(32)7/h8-9,12-18,23,28-31,33-34,43H,1-2,10-11,19-22H2,3-7H3/t23-,28?,29-,30-,31-,33-,34?,38?/m0/s1. The molecule has 0 saturated carbocycles. The van der Waals surface area contributed by atoms with E-state index in [-0.39, 0.29) is 53.4 Å². The molecule has 1 N–H and O–H groups in total. The van der Waals surface area contributed by atoms with Crippen molar-refractivity contribution in [3.63, 3.8) is 0 Å². The number of ether oxygens (including phenoxy) is 1. The third-order valence-electron chi connectivity index (χ3n) is 10.4. The number of para-hydroxylation sites is 1. The molecule has 3 aliphatic heterocycles. The van der Waals surface area contributed by atoms with Gasteiger partial charge in [0.2, 0.25) is 11.8 Å². The number of carbonyl (C=O) groups is 3. The average molecular weight is 739 g/mol. The first kappa shape index (κ1) is 36.2. The summed E-state index contributed by atoms with van der Waals surface area (Å²) < 4.78 is 4.76. The van der Waals surface area contributed by atoms with Crippen molar-refractivity contribution in [2.75, 3.05) is 36.1 Å². The Morgan fingerprint density at radius 3 is 2.27 bits per heavy atom. The monoisotopic (exact) mass is 737 g/mol. The van der Waals surface area contributed by atoms with Gasteiger partial charge in [-0.3, -0.25) is 14.4 Å². The number of amides is 3. The molecule has 3 unspecified atom stereocenters. The zero-order valence-electron chi connectivity index (χ0n) is 28.6. The Hall–Kier alpha value is -3.08. The maximum absolute atomic E-state index is 15.2. The average Bonchev–Trinajstić information content (AvgIpc) is 3.66. The molecule has 2 aromatic rings. The number of hydrogen-bond acceptors (Lipinski definition) is 6. The van der Waals surface area contributed by atoms with Crippen LogP contribution in [0.3, 0.4) is 0 Å². The summed E-state index contributed by atoms with van der Waals surface area (Å²) in [6.07, 6.45) is 4.66. The van der Waals surface area contributed by atoms with Crippen molar-refractivity contribution in [2.45, 2.75) is 74.4 Å². The van der Waals surface area contributed by atoms with E-state index in [9.17, 15) is 9.90 Å². The lowest BCUT2D eigenvalue weighted by atomic mass is 9.70. The van der Waals surface area contributed by atoms with E-state index >= 15 is 9.59 Å². The molecule has 10 heteroatoms. The minimum Gasteiger partial charge on any atom is -0.494 e. The Balaban J connectivity index is 1.64. The number of alkyl halides is 1. The van der Waals surface area contributed by atoms with Gasteiger partial charge in [0.1, 0.15) is 11.8 Å². The molecule has 3 amide bonds. The number of benzene rings is 2. The molecule has 8 nitrogen and oxygen atoms in total. The highest BCUT2D eigenvalue weighted by molar-refractivity contribution is 9.09. The van der Waals surface area contributed by atoms with Crippen LogP contribution < -0.4 is 14.5 Å². The van der Waals surface area contributed by atoms with Crippen LogP contribution in [0, 0.1) is 31.6 Å². The second-order valence-electron chi connectivity index (χ2n) is 13.2. The van der Waals surface area contributed by atoms with Crippen LogP contribution in [-0.4, -0.2) is 80.9 Å². The first-order valence-corrected chi connectivity index (χ1v) is 18.7. The summed E-state index contributed by atoms with van der Waals surface area (Å²) in [6, 6.07) is 11.8. The number of thioether (sulfide) groups is 1. The van der Waals surface area contributed by atoms with E-state index in [0.29, 0.717) is 30.9 Å². The summed E-state index contributed by atoms with van der Waals surface area (Å²) in [5.41, 5.74) is 3.38. The molecule has 2 bridgehead atoms. The number of rotatable bonds is 14. The lowest BCUT2D eigenvalue weighted by Gasteiger charge is -2.41. The molecule has 3 heterocycles. The Morgan fingerprint density at radius 1 is 1.08 bits per heavy atom. The highest BCUT2D eigenvalue weighted by Gasteiger charge is 2.76. The molecule has 1 spiro atoms. The number of likely N-dealkylation sites (tertiary alicyclic amines) is 1. The fraction of sp³-hybridized carbons (Fsp3) is 0.500. The zero-order valence-corrected chi connectivity index (χ0v) is 31.0. The lowest BCUT2D eigenvalue weighted by Crippen LogP contribution is -2.59. The summed E-state index contributed by atoms with van der Waals surface area (Å²) in [4.78, 5) is 50.1. The van der Waals surface area contributed by atoms with Crippen LogP contribution in [0.4, 0.5) is 11.4 Å². The summed E-state index contributed by atoms with van der Waals surface area (Å²) >= 11 is 5.51. The van der Waals surface area contributed by atoms with Gasteiger partial charge in [0.25, 0.3) is 5.91 Å². The molecular formula is C38H48BrN3O5S. The second-order valence-corrected chi connectivity index (χ2v) is 15.9. The normalized spacial score (nSPS) is 26.9. The summed E-state index contributed by atoms with van der Waals surface area (Å²) in [6.45, 7) is 18.6. The predicted molar refractivity (Wildman–Crippen MR) is 198 cm³/mol. The number of carbonyl (C=O) groups excluding carboxylic acids is 3. The Bertz CT molecular complexity index is 1530. The number of hydrogen-bond donors (Lipinski definition) is 1. The van der Waals surface area contributed by atoms with Crippen LogP contribution in [0.1, 0.15) is 44.7 Å². The van der Waals surface area contributed by atoms with E-state index < -0.39 is 28.7 Å². The summed E-state index contributed by atoms with van der Waals surface area (Å²) in [5.74, 6) is -1.40. The highest BCUT2D eigenvalue weighted by Crippen LogP contribution is 2.68. The number of aliphatic hydroxyl groups excluding tert-OH is 1. The highest BCUT2D eigenvalue weighted by atomic mass is 79.9. The quantitative estimate of drug-likeness (QED) is 0.181. The fourth-order valence-electron chi connectivity index (χ4n) is 8.12. The summed E-state index contributed by atoms with van der Waals surface area (Å²) in [7, 11) is 0. The summed E-state index contributed by atoms with van der Waals surface area (Å²) in [5, 5.41) is 10.6. The molecule has 8 atom stereocenters. The van der Waals surface area contributed by atoms with Gasteiger partial charge < -0.3 is 24.5 Å². The van der Waals surface area contributed by atoms with Crippen LogP contribution >= 0.6 is 27.7 Å². The van der Waals surface area contributed by atoms with Gasteiger partial charge in [-0.1, -0.05) is 66.5 Å². The van der Waals surface area contributed by atoms with Crippen molar-refractivity contribution in [1.29, 1.82) is 0 Å². The maximum atomic E-state index is 15.2. The second kappa shape index (κ2) is 14.8. The van der Waals surface area contributed by atoms with E-state index in [0.717, 1.165) is 16.8 Å². The van der Waals surface area contributed by atoms with Gasteiger partial charge in [0.05, 0.1) is 35.8 Å². The van der Waals surface area contributed by atoms with Crippen LogP contribution in [0.25, 0.3) is 0 Å². The SMILES string of the molecule is C=CCN(C(=O)[C@H]1[C@H]2C(=O)N([C@@H](CO)[C@@H](C)CC)C(C(=O)N(CC=C)c3c(C)cccc3C)C23CC(Br)[C@@H]1S3)c1ccc(OCC)cc1. The Labute approximate surface area is 297 Å². The van der Waals surface area contributed by atoms with Crippen molar-refractivity contribution in [3.05, 3.63) is 78.9 Å². The van der Waals surface area contributed by atoms with Gasteiger partial charge in [-0.25, -0.2) is 0 Å². The van der Waals surface area contributed by atoms with Gasteiger partial charge in [-0.15, -0.1) is 24.9 Å². The van der Waals surface area contributed by atoms with Gasteiger partial charge in [0, 0.05) is 34.5 Å². The number of halogens is 1. The number of aliphatic hydroxyl groups is 1. The third-order valence-corrected chi connectivity index (χ3v) is 13.6. The van der Waals surface area contributed by atoms with Gasteiger partial charge in [-0.2, -0.15) is 0 Å². The number of anilines is 2. The Morgan fingerprint density at radius 2 is 1.71 bits per heavy atom. The largest absolute Gasteiger partial charge is 0.494 e. The molecule has 48 heavy (non-hydrogen) atoms. The van der Waals surface area contributed by atoms with Crippen molar-refractivity contribution < 1.29 is 24.2 Å². The van der Waals surface area contributed by atoms with Crippen LogP contribution in [0.2, 0.25) is 0 Å². The van der Waals surface area contributed by atoms with Gasteiger partial charge in [0.15, 0.2) is 0 Å². The first-order chi connectivity index (χ1) is 23.0. The van der Waals surface area contributed by atoms with Crippen molar-refractivity contribution in [3.8, 4) is 5.75 Å². The van der Waals surface area contributed by atoms with Gasteiger partial charge >= 0.3 is 0 Å². The van der Waals surface area contributed by atoms with Crippen molar-refractivity contribution >= 4 is 56.8 Å². The molecule has 3 saturated heterocycles. The van der Waals surface area contributed by atoms with Crippen LogP contribution in [-0.2, 0) is 14.4 Å². The molecule has 0 aromatic heterocycles. The molecular weight excluding hydrogens is 690 g/mol. The minimum atomic E-state index is -0.883. The van der Waals surface area contributed by atoms with E-state index in [2.05, 4.69) is 29.1 Å². The van der Waals surface area contributed by atoms with Crippen LogP contribution in [0.15, 0.2) is 67.8 Å². The zero-order chi connectivity index (χ0) is 34.9. The molecule has 2 aromatic carbocycles. The number of nitrogens with zero attached hydrogens (tertiary/aromatic N) is 3.